The average Bonchev–Trinajstić information content (AvgIpc) is 2.67. The topological polar surface area (TPSA) is 108 Å². The lowest BCUT2D eigenvalue weighted by molar-refractivity contribution is -0.118. The van der Waals surface area contributed by atoms with Gasteiger partial charge in [0.1, 0.15) is 5.69 Å². The summed E-state index contributed by atoms with van der Waals surface area (Å²) >= 11 is 0. The first kappa shape index (κ1) is 19.3. The van der Waals surface area contributed by atoms with Crippen LogP contribution in [0.3, 0.4) is 0 Å². The third-order valence-corrected chi connectivity index (χ3v) is 4.26. The molecule has 0 aliphatic carbocycles. The van der Waals surface area contributed by atoms with Crippen LogP contribution in [0.4, 0.5) is 17.3 Å². The molecule has 1 aromatic heterocycles. The number of aromatic nitrogens is 2. The number of amides is 3. The van der Waals surface area contributed by atoms with Crippen LogP contribution in [0.25, 0.3) is 0 Å². The zero-order valence-electron chi connectivity index (χ0n) is 15.8. The molecule has 0 radical (unpaired) electrons. The molecule has 28 heavy (non-hydrogen) atoms. The van der Waals surface area contributed by atoms with Gasteiger partial charge in [-0.15, -0.1) is 0 Å². The van der Waals surface area contributed by atoms with Gasteiger partial charge in [0.25, 0.3) is 5.91 Å². The van der Waals surface area contributed by atoms with Crippen LogP contribution in [0.5, 0.6) is 0 Å². The zero-order chi connectivity index (χ0) is 20.1. The monoisotopic (exact) mass is 382 g/mol. The van der Waals surface area contributed by atoms with Crippen LogP contribution >= 0.6 is 0 Å². The third-order valence-electron chi connectivity index (χ3n) is 4.26. The summed E-state index contributed by atoms with van der Waals surface area (Å²) in [4.78, 5) is 47.2. The first-order chi connectivity index (χ1) is 13.4. The number of hydrogen-bond donors (Lipinski definition) is 2. The molecule has 3 amide bonds. The van der Waals surface area contributed by atoms with Crippen molar-refractivity contribution in [3.05, 3.63) is 41.7 Å². The minimum atomic E-state index is -0.363. The van der Waals surface area contributed by atoms with Gasteiger partial charge in [-0.25, -0.2) is 9.97 Å². The van der Waals surface area contributed by atoms with Crippen molar-refractivity contribution in [2.45, 2.75) is 13.8 Å². The summed E-state index contributed by atoms with van der Waals surface area (Å²) in [7, 11) is 0. The van der Waals surface area contributed by atoms with E-state index in [1.807, 2.05) is 4.90 Å². The van der Waals surface area contributed by atoms with E-state index in [1.54, 1.807) is 42.2 Å². The standard InChI is InChI=1S/C19H22N6O3/c1-13-10-17(23-19(20-13)25-8-6-24(12-26)7-9-25)18(28)22-16-5-3-4-15(11-16)21-14(2)27/h3-5,10-12H,6-9H2,1-2H3,(H,21,27)(H,22,28). The molecule has 146 valence electrons. The maximum Gasteiger partial charge on any atom is 0.274 e. The minimum Gasteiger partial charge on any atom is -0.342 e. The normalized spacial score (nSPS) is 13.8. The Morgan fingerprint density at radius 3 is 2.36 bits per heavy atom. The highest BCUT2D eigenvalue weighted by Gasteiger charge is 2.20. The molecule has 0 bridgehead atoms. The zero-order valence-corrected chi connectivity index (χ0v) is 15.8. The number of hydrogen-bond acceptors (Lipinski definition) is 6. The first-order valence-corrected chi connectivity index (χ1v) is 8.93. The molecule has 0 saturated carbocycles. The van der Waals surface area contributed by atoms with Gasteiger partial charge in [-0.1, -0.05) is 6.07 Å². The number of carbonyl (C=O) groups excluding carboxylic acids is 3. The molecule has 0 unspecified atom stereocenters. The van der Waals surface area contributed by atoms with Crippen molar-refractivity contribution in [2.24, 2.45) is 0 Å². The second-order valence-corrected chi connectivity index (χ2v) is 6.54. The molecule has 1 saturated heterocycles. The van der Waals surface area contributed by atoms with Crippen molar-refractivity contribution in [1.82, 2.24) is 14.9 Å². The number of anilines is 3. The average molecular weight is 382 g/mol. The molecule has 1 aliphatic heterocycles. The number of nitrogens with zero attached hydrogens (tertiary/aromatic N) is 4. The Morgan fingerprint density at radius 2 is 1.71 bits per heavy atom. The Labute approximate surface area is 162 Å². The van der Waals surface area contributed by atoms with E-state index in [2.05, 4.69) is 20.6 Å². The van der Waals surface area contributed by atoms with Gasteiger partial charge in [0.2, 0.25) is 18.3 Å². The van der Waals surface area contributed by atoms with Gasteiger partial charge >= 0.3 is 0 Å². The Hall–Kier alpha value is -3.49. The van der Waals surface area contributed by atoms with E-state index < -0.39 is 0 Å². The number of benzene rings is 1. The number of carbonyl (C=O) groups is 3. The fourth-order valence-corrected chi connectivity index (χ4v) is 2.91. The Bertz CT molecular complexity index is 893. The summed E-state index contributed by atoms with van der Waals surface area (Å²) in [5.74, 6) is -0.0739. The number of nitrogens with one attached hydrogen (secondary N) is 2. The van der Waals surface area contributed by atoms with Crippen LogP contribution in [-0.2, 0) is 9.59 Å². The van der Waals surface area contributed by atoms with Gasteiger partial charge in [0.05, 0.1) is 0 Å². The van der Waals surface area contributed by atoms with Gasteiger partial charge in [-0.05, 0) is 31.2 Å². The Morgan fingerprint density at radius 1 is 1.04 bits per heavy atom. The van der Waals surface area contributed by atoms with E-state index in [4.69, 9.17) is 0 Å². The summed E-state index contributed by atoms with van der Waals surface area (Å²) < 4.78 is 0. The summed E-state index contributed by atoms with van der Waals surface area (Å²) in [6.07, 6.45) is 0.836. The molecule has 9 nitrogen and oxygen atoms in total. The molecule has 1 aromatic carbocycles. The molecular formula is C19H22N6O3. The van der Waals surface area contributed by atoms with Crippen LogP contribution in [0.1, 0.15) is 23.1 Å². The van der Waals surface area contributed by atoms with Crippen LogP contribution in [0.15, 0.2) is 30.3 Å². The van der Waals surface area contributed by atoms with Crippen molar-refractivity contribution in [2.75, 3.05) is 41.7 Å². The van der Waals surface area contributed by atoms with Gasteiger partial charge in [-0.3, -0.25) is 14.4 Å². The maximum atomic E-state index is 12.7. The van der Waals surface area contributed by atoms with Crippen molar-refractivity contribution >= 4 is 35.5 Å². The molecule has 9 heteroatoms. The minimum absolute atomic E-state index is 0.186. The summed E-state index contributed by atoms with van der Waals surface area (Å²) in [6, 6.07) is 8.51. The molecule has 2 aromatic rings. The molecule has 2 N–H and O–H groups in total. The maximum absolute atomic E-state index is 12.7. The Kier molecular flexibility index (Phi) is 5.83. The van der Waals surface area contributed by atoms with Crippen molar-refractivity contribution in [3.63, 3.8) is 0 Å². The summed E-state index contributed by atoms with van der Waals surface area (Å²) in [5.41, 5.74) is 2.08. The highest BCUT2D eigenvalue weighted by molar-refractivity contribution is 6.03. The van der Waals surface area contributed by atoms with Gasteiger partial charge in [-0.2, -0.15) is 0 Å². The van der Waals surface area contributed by atoms with E-state index in [1.165, 1.54) is 6.92 Å². The van der Waals surface area contributed by atoms with Crippen LogP contribution in [0.2, 0.25) is 0 Å². The van der Waals surface area contributed by atoms with Crippen molar-refractivity contribution in [1.29, 1.82) is 0 Å². The number of piperazine rings is 1. The van der Waals surface area contributed by atoms with E-state index in [0.29, 0.717) is 49.2 Å². The predicted octanol–water partition coefficient (Wildman–Crippen LogP) is 1.27. The van der Waals surface area contributed by atoms with E-state index in [0.717, 1.165) is 6.41 Å². The Balaban J connectivity index is 1.74. The SMILES string of the molecule is CC(=O)Nc1cccc(NC(=O)c2cc(C)nc(N3CCN(C=O)CC3)n2)c1. The highest BCUT2D eigenvalue weighted by Crippen LogP contribution is 2.17. The molecule has 2 heterocycles. The largest absolute Gasteiger partial charge is 0.342 e. The summed E-state index contributed by atoms with van der Waals surface area (Å²) in [5, 5.41) is 5.47. The van der Waals surface area contributed by atoms with Crippen LogP contribution in [0, 0.1) is 6.92 Å². The van der Waals surface area contributed by atoms with Crippen molar-refractivity contribution < 1.29 is 14.4 Å². The molecule has 0 spiro atoms. The van der Waals surface area contributed by atoms with Gasteiger partial charge in [0, 0.05) is 50.2 Å². The number of rotatable bonds is 5. The highest BCUT2D eigenvalue weighted by atomic mass is 16.2. The second-order valence-electron chi connectivity index (χ2n) is 6.54. The van der Waals surface area contributed by atoms with E-state index >= 15 is 0 Å². The first-order valence-electron chi connectivity index (χ1n) is 8.93. The quantitative estimate of drug-likeness (QED) is 0.754. The molecule has 1 fully saturated rings. The smallest absolute Gasteiger partial charge is 0.274 e. The molecule has 3 rings (SSSR count). The van der Waals surface area contributed by atoms with E-state index in [9.17, 15) is 14.4 Å². The fraction of sp³-hybridized carbons (Fsp3) is 0.316. The van der Waals surface area contributed by atoms with Crippen LogP contribution in [-0.4, -0.2) is 59.3 Å². The third kappa shape index (κ3) is 4.81. The predicted molar refractivity (Wildman–Crippen MR) is 105 cm³/mol. The summed E-state index contributed by atoms with van der Waals surface area (Å²) in [6.45, 7) is 5.65. The lowest BCUT2D eigenvalue weighted by Gasteiger charge is -2.32. The fourth-order valence-electron chi connectivity index (χ4n) is 2.91. The number of aryl methyl sites for hydroxylation is 1. The molecule has 1 aliphatic rings. The lowest BCUT2D eigenvalue weighted by Crippen LogP contribution is -2.46. The van der Waals surface area contributed by atoms with E-state index in [-0.39, 0.29) is 17.5 Å². The lowest BCUT2D eigenvalue weighted by atomic mass is 10.2. The van der Waals surface area contributed by atoms with Gasteiger partial charge in [0.15, 0.2) is 0 Å². The van der Waals surface area contributed by atoms with Gasteiger partial charge < -0.3 is 20.4 Å². The molecule has 0 atom stereocenters. The molecular weight excluding hydrogens is 360 g/mol. The second kappa shape index (κ2) is 8.47. The van der Waals surface area contributed by atoms with Crippen molar-refractivity contribution in [3.8, 4) is 0 Å². The van der Waals surface area contributed by atoms with Crippen LogP contribution < -0.4 is 15.5 Å².